The van der Waals surface area contributed by atoms with Crippen molar-refractivity contribution in [3.63, 3.8) is 0 Å². The molecule has 0 N–H and O–H groups in total. The van der Waals surface area contributed by atoms with Crippen molar-refractivity contribution >= 4 is 17.2 Å². The van der Waals surface area contributed by atoms with Gasteiger partial charge in [-0.2, -0.15) is 0 Å². The maximum Gasteiger partial charge on any atom is 0.264 e. The molecule has 2 nitrogen and oxygen atoms in total. The molecule has 0 saturated carbocycles. The Hall–Kier alpha value is -1.61. The van der Waals surface area contributed by atoms with Crippen LogP contribution < -0.4 is 0 Å². The maximum atomic E-state index is 12.8. The van der Waals surface area contributed by atoms with Crippen LogP contribution in [0.3, 0.4) is 0 Å². The van der Waals surface area contributed by atoms with Crippen molar-refractivity contribution in [1.29, 1.82) is 0 Å². The second-order valence-electron chi connectivity index (χ2n) is 5.37. The van der Waals surface area contributed by atoms with Crippen molar-refractivity contribution in [3.8, 4) is 11.1 Å². The monoisotopic (exact) mass is 285 g/mol. The van der Waals surface area contributed by atoms with Gasteiger partial charge in [-0.3, -0.25) is 4.79 Å². The van der Waals surface area contributed by atoms with E-state index in [1.54, 1.807) is 11.3 Å². The maximum absolute atomic E-state index is 12.8. The number of thiophene rings is 1. The molecule has 1 amide bonds. The summed E-state index contributed by atoms with van der Waals surface area (Å²) >= 11 is 1.56. The first-order valence-corrected chi connectivity index (χ1v) is 8.09. The highest BCUT2D eigenvalue weighted by Gasteiger charge is 2.26. The van der Waals surface area contributed by atoms with Crippen LogP contribution >= 0.6 is 11.3 Å². The van der Waals surface area contributed by atoms with Crippen LogP contribution in [0, 0.1) is 0 Å². The van der Waals surface area contributed by atoms with Crippen LogP contribution in [0.15, 0.2) is 41.8 Å². The number of hydrogen-bond acceptors (Lipinski definition) is 2. The number of carbonyl (C=O) groups excluding carboxylic acids is 1. The number of carbonyl (C=O) groups is 1. The quantitative estimate of drug-likeness (QED) is 0.799. The van der Waals surface area contributed by atoms with Crippen LogP contribution in [0.2, 0.25) is 0 Å². The average molecular weight is 285 g/mol. The van der Waals surface area contributed by atoms with Crippen LogP contribution in [0.5, 0.6) is 0 Å². The van der Waals surface area contributed by atoms with E-state index in [-0.39, 0.29) is 5.91 Å². The molecule has 1 aliphatic rings. The largest absolute Gasteiger partial charge is 0.335 e. The Morgan fingerprint density at radius 1 is 1.20 bits per heavy atom. The Kier molecular flexibility index (Phi) is 3.88. The lowest BCUT2D eigenvalue weighted by atomic mass is 10.0. The lowest BCUT2D eigenvalue weighted by Crippen LogP contribution is -2.41. The number of nitrogens with zero attached hydrogens (tertiary/aromatic N) is 1. The lowest BCUT2D eigenvalue weighted by Gasteiger charge is -2.33. The van der Waals surface area contributed by atoms with Gasteiger partial charge in [0.25, 0.3) is 5.91 Å². The summed E-state index contributed by atoms with van der Waals surface area (Å²) in [6.07, 6.45) is 3.49. The van der Waals surface area contributed by atoms with Crippen molar-refractivity contribution in [3.05, 3.63) is 46.7 Å². The Labute approximate surface area is 124 Å². The van der Waals surface area contributed by atoms with Crippen molar-refractivity contribution in [2.45, 2.75) is 32.2 Å². The first-order chi connectivity index (χ1) is 9.77. The minimum atomic E-state index is 0.200. The van der Waals surface area contributed by atoms with Crippen molar-refractivity contribution in [2.75, 3.05) is 6.54 Å². The number of amides is 1. The zero-order chi connectivity index (χ0) is 13.9. The van der Waals surface area contributed by atoms with Crippen LogP contribution in [0.25, 0.3) is 11.1 Å². The van der Waals surface area contributed by atoms with E-state index >= 15 is 0 Å². The molecule has 1 aromatic heterocycles. The van der Waals surface area contributed by atoms with E-state index in [0.717, 1.165) is 35.4 Å². The summed E-state index contributed by atoms with van der Waals surface area (Å²) in [4.78, 5) is 15.7. The standard InChI is InChI=1S/C17H19NOS/c1-13-7-5-6-11-18(13)17(19)16-15(10-12-20-16)14-8-3-2-4-9-14/h2-4,8-10,12-13H,5-7,11H2,1H3. The molecule has 0 radical (unpaired) electrons. The molecule has 20 heavy (non-hydrogen) atoms. The summed E-state index contributed by atoms with van der Waals surface area (Å²) in [7, 11) is 0. The summed E-state index contributed by atoms with van der Waals surface area (Å²) < 4.78 is 0. The number of rotatable bonds is 2. The molecule has 2 aromatic rings. The third-order valence-corrected chi connectivity index (χ3v) is 4.91. The number of likely N-dealkylation sites (tertiary alicyclic amines) is 1. The highest BCUT2D eigenvalue weighted by atomic mass is 32.1. The molecule has 1 atom stereocenters. The third-order valence-electron chi connectivity index (χ3n) is 4.01. The van der Waals surface area contributed by atoms with Crippen molar-refractivity contribution < 1.29 is 4.79 Å². The zero-order valence-corrected chi connectivity index (χ0v) is 12.5. The first-order valence-electron chi connectivity index (χ1n) is 7.21. The second kappa shape index (κ2) is 5.80. The molecule has 1 aliphatic heterocycles. The summed E-state index contributed by atoms with van der Waals surface area (Å²) in [5.41, 5.74) is 2.19. The van der Waals surface area contributed by atoms with Crippen molar-refractivity contribution in [1.82, 2.24) is 4.90 Å². The van der Waals surface area contributed by atoms with Gasteiger partial charge >= 0.3 is 0 Å². The average Bonchev–Trinajstić information content (AvgIpc) is 2.97. The normalized spacial score (nSPS) is 19.1. The van der Waals surface area contributed by atoms with E-state index in [1.165, 1.54) is 6.42 Å². The van der Waals surface area contributed by atoms with Gasteiger partial charge in [-0.25, -0.2) is 0 Å². The molecule has 1 aromatic carbocycles. The highest BCUT2D eigenvalue weighted by Crippen LogP contribution is 2.31. The predicted octanol–water partition coefficient (Wildman–Crippen LogP) is 4.43. The Morgan fingerprint density at radius 3 is 2.75 bits per heavy atom. The third kappa shape index (κ3) is 2.50. The topological polar surface area (TPSA) is 20.3 Å². The Bertz CT molecular complexity index is 590. The van der Waals surface area contributed by atoms with Gasteiger partial charge in [0.15, 0.2) is 0 Å². The molecule has 2 heterocycles. The molecule has 0 aliphatic carbocycles. The second-order valence-corrected chi connectivity index (χ2v) is 6.29. The fourth-order valence-electron chi connectivity index (χ4n) is 2.85. The molecule has 104 valence electrons. The van der Waals surface area contributed by atoms with Gasteiger partial charge in [0, 0.05) is 18.2 Å². The summed E-state index contributed by atoms with van der Waals surface area (Å²) in [6.45, 7) is 3.05. The molecule has 3 rings (SSSR count). The first kappa shape index (κ1) is 13.4. The van der Waals surface area contributed by atoms with Crippen LogP contribution in [-0.2, 0) is 0 Å². The molecular formula is C17H19NOS. The van der Waals surface area contributed by atoms with Gasteiger partial charge in [0.05, 0.1) is 4.88 Å². The van der Waals surface area contributed by atoms with Crippen LogP contribution in [-0.4, -0.2) is 23.4 Å². The fourth-order valence-corrected chi connectivity index (χ4v) is 3.72. The molecule has 0 spiro atoms. The summed E-state index contributed by atoms with van der Waals surface area (Å²) in [6, 6.07) is 12.6. The fraction of sp³-hybridized carbons (Fsp3) is 0.353. The number of piperidine rings is 1. The zero-order valence-electron chi connectivity index (χ0n) is 11.7. The smallest absolute Gasteiger partial charge is 0.264 e. The molecule has 1 fully saturated rings. The van der Waals surface area contributed by atoms with E-state index < -0.39 is 0 Å². The Morgan fingerprint density at radius 2 is 2.00 bits per heavy atom. The van der Waals surface area contributed by atoms with Gasteiger partial charge in [0.1, 0.15) is 0 Å². The van der Waals surface area contributed by atoms with Gasteiger partial charge in [-0.1, -0.05) is 30.3 Å². The predicted molar refractivity (Wildman–Crippen MR) is 84.1 cm³/mol. The summed E-state index contributed by atoms with van der Waals surface area (Å²) in [5.74, 6) is 0.200. The Balaban J connectivity index is 1.91. The molecule has 1 unspecified atom stereocenters. The van der Waals surface area contributed by atoms with Crippen LogP contribution in [0.1, 0.15) is 35.9 Å². The van der Waals surface area contributed by atoms with E-state index in [0.29, 0.717) is 6.04 Å². The minimum absolute atomic E-state index is 0.200. The van der Waals surface area contributed by atoms with Gasteiger partial charge < -0.3 is 4.90 Å². The number of hydrogen-bond donors (Lipinski definition) is 0. The van der Waals surface area contributed by atoms with Gasteiger partial charge in [-0.05, 0) is 43.2 Å². The molecule has 3 heteroatoms. The van der Waals surface area contributed by atoms with Crippen molar-refractivity contribution in [2.24, 2.45) is 0 Å². The van der Waals surface area contributed by atoms with Gasteiger partial charge in [0.2, 0.25) is 0 Å². The van der Waals surface area contributed by atoms with E-state index in [1.807, 2.05) is 28.5 Å². The van der Waals surface area contributed by atoms with E-state index in [9.17, 15) is 4.79 Å². The lowest BCUT2D eigenvalue weighted by molar-refractivity contribution is 0.0641. The highest BCUT2D eigenvalue weighted by molar-refractivity contribution is 7.12. The molecule has 1 saturated heterocycles. The van der Waals surface area contributed by atoms with Gasteiger partial charge in [-0.15, -0.1) is 11.3 Å². The SMILES string of the molecule is CC1CCCCN1C(=O)c1sccc1-c1ccccc1. The minimum Gasteiger partial charge on any atom is -0.335 e. The van der Waals surface area contributed by atoms with E-state index in [2.05, 4.69) is 25.1 Å². The summed E-state index contributed by atoms with van der Waals surface area (Å²) in [5, 5.41) is 2.02. The molecule has 0 bridgehead atoms. The molecular weight excluding hydrogens is 266 g/mol. The van der Waals surface area contributed by atoms with Crippen LogP contribution in [0.4, 0.5) is 0 Å². The van der Waals surface area contributed by atoms with E-state index in [4.69, 9.17) is 0 Å². The number of benzene rings is 1.